The zero-order valence-electron chi connectivity index (χ0n) is 8.99. The highest BCUT2D eigenvalue weighted by Gasteiger charge is 2.33. The SMILES string of the molecule is Nc1ncn(CC2CC(I)[C@@H](CO)O2)c(=O)n1. The molecule has 0 aliphatic carbocycles. The maximum absolute atomic E-state index is 11.5. The number of anilines is 1. The van der Waals surface area contributed by atoms with E-state index in [1.54, 1.807) is 0 Å². The summed E-state index contributed by atoms with van der Waals surface area (Å²) in [7, 11) is 0. The minimum Gasteiger partial charge on any atom is -0.394 e. The fraction of sp³-hybridized carbons (Fsp3) is 0.667. The third-order valence-electron chi connectivity index (χ3n) is 2.62. The number of aromatic nitrogens is 3. The zero-order valence-corrected chi connectivity index (χ0v) is 11.1. The van der Waals surface area contributed by atoms with Gasteiger partial charge in [0.2, 0.25) is 5.95 Å². The van der Waals surface area contributed by atoms with Crippen LogP contribution in [0.25, 0.3) is 0 Å². The van der Waals surface area contributed by atoms with E-state index in [1.807, 2.05) is 0 Å². The zero-order chi connectivity index (χ0) is 12.4. The number of aliphatic hydroxyl groups excluding tert-OH is 1. The molecule has 7 nitrogen and oxygen atoms in total. The lowest BCUT2D eigenvalue weighted by atomic mass is 10.2. The minimum atomic E-state index is -0.432. The fourth-order valence-electron chi connectivity index (χ4n) is 1.78. The van der Waals surface area contributed by atoms with Gasteiger partial charge in [-0.3, -0.25) is 4.57 Å². The van der Waals surface area contributed by atoms with Crippen LogP contribution in [0.2, 0.25) is 0 Å². The van der Waals surface area contributed by atoms with Crippen LogP contribution in [-0.2, 0) is 11.3 Å². The van der Waals surface area contributed by atoms with Crippen molar-refractivity contribution in [3.05, 3.63) is 16.8 Å². The van der Waals surface area contributed by atoms with E-state index in [1.165, 1.54) is 10.9 Å². The van der Waals surface area contributed by atoms with Crippen molar-refractivity contribution >= 4 is 28.5 Å². The Bertz CT molecular complexity index is 452. The Labute approximate surface area is 111 Å². The second-order valence-electron chi connectivity index (χ2n) is 3.88. The first-order chi connectivity index (χ1) is 8.10. The molecule has 2 heterocycles. The third kappa shape index (κ3) is 2.93. The maximum Gasteiger partial charge on any atom is 0.352 e. The normalized spacial score (nSPS) is 28.5. The summed E-state index contributed by atoms with van der Waals surface area (Å²) in [5.41, 5.74) is 4.87. The van der Waals surface area contributed by atoms with Crippen LogP contribution in [0.5, 0.6) is 0 Å². The second-order valence-corrected chi connectivity index (χ2v) is 5.48. The molecule has 1 aromatic heterocycles. The number of rotatable bonds is 3. The first kappa shape index (κ1) is 12.7. The molecule has 2 unspecified atom stereocenters. The van der Waals surface area contributed by atoms with E-state index in [0.717, 1.165) is 6.42 Å². The molecular formula is C9H13IN4O3. The van der Waals surface area contributed by atoms with Gasteiger partial charge in [0.05, 0.1) is 25.4 Å². The smallest absolute Gasteiger partial charge is 0.352 e. The van der Waals surface area contributed by atoms with Crippen molar-refractivity contribution in [1.29, 1.82) is 0 Å². The van der Waals surface area contributed by atoms with Gasteiger partial charge in [-0.1, -0.05) is 22.6 Å². The van der Waals surface area contributed by atoms with Crippen LogP contribution in [0.3, 0.4) is 0 Å². The fourth-order valence-corrected chi connectivity index (χ4v) is 2.74. The average Bonchev–Trinajstić information content (AvgIpc) is 2.63. The molecule has 0 spiro atoms. The van der Waals surface area contributed by atoms with Crippen LogP contribution in [0.1, 0.15) is 6.42 Å². The van der Waals surface area contributed by atoms with E-state index >= 15 is 0 Å². The van der Waals surface area contributed by atoms with Gasteiger partial charge in [0, 0.05) is 3.92 Å². The number of hydrogen-bond acceptors (Lipinski definition) is 6. The Balaban J connectivity index is 2.05. The van der Waals surface area contributed by atoms with E-state index in [9.17, 15) is 4.79 Å². The number of nitrogens with two attached hydrogens (primary N) is 1. The Hall–Kier alpha value is -0.740. The molecule has 0 saturated carbocycles. The predicted octanol–water partition coefficient (Wildman–Crippen LogP) is -0.826. The number of ether oxygens (including phenoxy) is 1. The van der Waals surface area contributed by atoms with Gasteiger partial charge in [0.25, 0.3) is 0 Å². The Kier molecular flexibility index (Phi) is 3.94. The first-order valence-corrected chi connectivity index (χ1v) is 6.44. The number of aliphatic hydroxyl groups is 1. The molecule has 0 amide bonds. The predicted molar refractivity (Wildman–Crippen MR) is 68.9 cm³/mol. The molecule has 1 saturated heterocycles. The Morgan fingerprint density at radius 2 is 2.47 bits per heavy atom. The monoisotopic (exact) mass is 352 g/mol. The molecule has 1 aliphatic rings. The highest BCUT2D eigenvalue weighted by Crippen LogP contribution is 2.27. The summed E-state index contributed by atoms with van der Waals surface area (Å²) in [6.45, 7) is 0.381. The van der Waals surface area contributed by atoms with E-state index in [0.29, 0.717) is 6.54 Å². The summed E-state index contributed by atoms with van der Waals surface area (Å²) >= 11 is 2.24. The Morgan fingerprint density at radius 3 is 3.06 bits per heavy atom. The van der Waals surface area contributed by atoms with Crippen LogP contribution in [-0.4, -0.2) is 42.4 Å². The molecule has 1 aliphatic heterocycles. The van der Waals surface area contributed by atoms with Crippen molar-refractivity contribution in [3.8, 4) is 0 Å². The molecule has 17 heavy (non-hydrogen) atoms. The van der Waals surface area contributed by atoms with Gasteiger partial charge in [-0.15, -0.1) is 0 Å². The van der Waals surface area contributed by atoms with Crippen molar-refractivity contribution in [2.45, 2.75) is 29.1 Å². The number of hydrogen-bond donors (Lipinski definition) is 2. The molecular weight excluding hydrogens is 339 g/mol. The summed E-state index contributed by atoms with van der Waals surface area (Å²) in [4.78, 5) is 18.8. The average molecular weight is 352 g/mol. The van der Waals surface area contributed by atoms with E-state index < -0.39 is 5.69 Å². The minimum absolute atomic E-state index is 0.00273. The largest absolute Gasteiger partial charge is 0.394 e. The highest BCUT2D eigenvalue weighted by atomic mass is 127. The topological polar surface area (TPSA) is 103 Å². The van der Waals surface area contributed by atoms with Crippen LogP contribution in [0.15, 0.2) is 11.1 Å². The molecule has 8 heteroatoms. The lowest BCUT2D eigenvalue weighted by molar-refractivity contribution is 0.00633. The van der Waals surface area contributed by atoms with E-state index in [-0.39, 0.29) is 28.7 Å². The van der Waals surface area contributed by atoms with Gasteiger partial charge < -0.3 is 15.6 Å². The van der Waals surface area contributed by atoms with Crippen LogP contribution in [0.4, 0.5) is 5.95 Å². The van der Waals surface area contributed by atoms with Gasteiger partial charge >= 0.3 is 5.69 Å². The number of nitrogens with zero attached hydrogens (tertiary/aromatic N) is 3. The number of nitrogen functional groups attached to an aromatic ring is 1. The van der Waals surface area contributed by atoms with Crippen LogP contribution in [0, 0.1) is 0 Å². The van der Waals surface area contributed by atoms with E-state index in [2.05, 4.69) is 32.6 Å². The van der Waals surface area contributed by atoms with Crippen molar-refractivity contribution in [2.75, 3.05) is 12.3 Å². The van der Waals surface area contributed by atoms with E-state index in [4.69, 9.17) is 15.6 Å². The Morgan fingerprint density at radius 1 is 1.71 bits per heavy atom. The first-order valence-electron chi connectivity index (χ1n) is 5.19. The maximum atomic E-state index is 11.5. The van der Waals surface area contributed by atoms with Crippen molar-refractivity contribution < 1.29 is 9.84 Å². The third-order valence-corrected chi connectivity index (χ3v) is 3.93. The van der Waals surface area contributed by atoms with Gasteiger partial charge in [-0.2, -0.15) is 4.98 Å². The number of halogens is 1. The van der Waals surface area contributed by atoms with Gasteiger partial charge in [-0.05, 0) is 6.42 Å². The molecule has 0 bridgehead atoms. The van der Waals surface area contributed by atoms with Crippen molar-refractivity contribution in [1.82, 2.24) is 14.5 Å². The molecule has 2 rings (SSSR count). The summed E-state index contributed by atoms with van der Waals surface area (Å²) in [6, 6.07) is 0. The standard InChI is InChI=1S/C9H13IN4O3/c10-6-1-5(17-7(6)3-15)2-14-4-12-8(11)13-9(14)16/h4-7,15H,1-3H2,(H2,11,13,16)/t5?,6?,7-/m1/s1. The van der Waals surface area contributed by atoms with Crippen molar-refractivity contribution in [3.63, 3.8) is 0 Å². The summed E-state index contributed by atoms with van der Waals surface area (Å²) < 4.78 is 7.23. The van der Waals surface area contributed by atoms with Crippen molar-refractivity contribution in [2.24, 2.45) is 0 Å². The lowest BCUT2D eigenvalue weighted by Gasteiger charge is -2.12. The molecule has 1 fully saturated rings. The molecule has 3 atom stereocenters. The molecule has 94 valence electrons. The van der Waals surface area contributed by atoms with Gasteiger partial charge in [-0.25, -0.2) is 9.78 Å². The van der Waals surface area contributed by atoms with Gasteiger partial charge in [0.1, 0.15) is 6.33 Å². The van der Waals surface area contributed by atoms with Crippen LogP contribution >= 0.6 is 22.6 Å². The molecule has 0 aromatic carbocycles. The summed E-state index contributed by atoms with van der Waals surface area (Å²) in [5.74, 6) is -0.0291. The molecule has 0 radical (unpaired) electrons. The summed E-state index contributed by atoms with van der Waals surface area (Å²) in [6.07, 6.45) is 1.90. The number of alkyl halides is 1. The summed E-state index contributed by atoms with van der Waals surface area (Å²) in [5, 5.41) is 9.07. The highest BCUT2D eigenvalue weighted by molar-refractivity contribution is 14.1. The molecule has 1 aromatic rings. The van der Waals surface area contributed by atoms with Gasteiger partial charge in [0.15, 0.2) is 0 Å². The van der Waals surface area contributed by atoms with Crippen LogP contribution < -0.4 is 11.4 Å². The lowest BCUT2D eigenvalue weighted by Crippen LogP contribution is -2.29. The quantitative estimate of drug-likeness (QED) is 0.544. The second kappa shape index (κ2) is 5.27. The molecule has 3 N–H and O–H groups in total.